The minimum Gasteiger partial charge on any atom is -0.370 e. The van der Waals surface area contributed by atoms with Crippen LogP contribution in [0.2, 0.25) is 0 Å². The van der Waals surface area contributed by atoms with Crippen molar-refractivity contribution >= 4 is 5.82 Å². The van der Waals surface area contributed by atoms with Crippen molar-refractivity contribution in [3.8, 4) is 11.3 Å². The summed E-state index contributed by atoms with van der Waals surface area (Å²) in [4.78, 5) is 9.57. The summed E-state index contributed by atoms with van der Waals surface area (Å²) < 4.78 is 0. The molecule has 1 aromatic heterocycles. The summed E-state index contributed by atoms with van der Waals surface area (Å²) in [5, 5.41) is 3.36. The van der Waals surface area contributed by atoms with Gasteiger partial charge in [0, 0.05) is 23.1 Å². The van der Waals surface area contributed by atoms with Crippen molar-refractivity contribution in [3.05, 3.63) is 41.2 Å². The van der Waals surface area contributed by atoms with E-state index in [2.05, 4.69) is 71.1 Å². The smallest absolute Gasteiger partial charge is 0.136 e. The summed E-state index contributed by atoms with van der Waals surface area (Å²) in [6, 6.07) is 8.48. The van der Waals surface area contributed by atoms with E-state index in [4.69, 9.17) is 9.97 Å². The van der Waals surface area contributed by atoms with Gasteiger partial charge in [0.15, 0.2) is 0 Å². The third kappa shape index (κ3) is 3.41. The molecule has 0 bridgehead atoms. The van der Waals surface area contributed by atoms with Gasteiger partial charge in [-0.15, -0.1) is 0 Å². The molecule has 2 aromatic rings. The fraction of sp³-hybridized carbons (Fsp3) is 0.444. The second-order valence-electron chi connectivity index (χ2n) is 6.52. The van der Waals surface area contributed by atoms with Crippen molar-refractivity contribution in [3.63, 3.8) is 0 Å². The molecule has 112 valence electrons. The molecule has 0 radical (unpaired) electrons. The van der Waals surface area contributed by atoms with E-state index < -0.39 is 0 Å². The topological polar surface area (TPSA) is 37.8 Å². The Bertz CT molecular complexity index is 639. The molecule has 1 N–H and O–H groups in total. The Balaban J connectivity index is 2.66. The van der Waals surface area contributed by atoms with Crippen molar-refractivity contribution in [2.75, 3.05) is 11.9 Å². The van der Waals surface area contributed by atoms with E-state index in [0.29, 0.717) is 0 Å². The molecule has 0 saturated heterocycles. The monoisotopic (exact) mass is 283 g/mol. The van der Waals surface area contributed by atoms with Crippen LogP contribution in [-0.4, -0.2) is 16.5 Å². The molecule has 0 fully saturated rings. The lowest BCUT2D eigenvalue weighted by atomic mass is 9.94. The standard InChI is InChI=1S/C18H25N3/c1-7-19-16-13(3)15(14-10-8-9-12(2)11-14)20-17(21-16)18(4,5)6/h8-11H,7H2,1-6H3,(H,19,20,21). The first kappa shape index (κ1) is 15.5. The van der Waals surface area contributed by atoms with E-state index >= 15 is 0 Å². The van der Waals surface area contributed by atoms with Crippen LogP contribution in [-0.2, 0) is 5.41 Å². The quantitative estimate of drug-likeness (QED) is 0.902. The molecule has 21 heavy (non-hydrogen) atoms. The van der Waals surface area contributed by atoms with Crippen molar-refractivity contribution in [1.29, 1.82) is 0 Å². The van der Waals surface area contributed by atoms with Gasteiger partial charge in [-0.25, -0.2) is 9.97 Å². The van der Waals surface area contributed by atoms with Crippen molar-refractivity contribution < 1.29 is 0 Å². The number of benzene rings is 1. The number of aromatic nitrogens is 2. The summed E-state index contributed by atoms with van der Waals surface area (Å²) >= 11 is 0. The number of hydrogen-bond acceptors (Lipinski definition) is 3. The highest BCUT2D eigenvalue weighted by atomic mass is 15.0. The molecule has 0 spiro atoms. The fourth-order valence-electron chi connectivity index (χ4n) is 2.27. The Morgan fingerprint density at radius 2 is 1.81 bits per heavy atom. The van der Waals surface area contributed by atoms with Crippen LogP contribution in [0.25, 0.3) is 11.3 Å². The van der Waals surface area contributed by atoms with Crippen LogP contribution in [0.3, 0.4) is 0 Å². The van der Waals surface area contributed by atoms with Gasteiger partial charge in [0.25, 0.3) is 0 Å². The summed E-state index contributed by atoms with van der Waals surface area (Å²) in [5.41, 5.74) is 4.45. The van der Waals surface area contributed by atoms with Gasteiger partial charge in [-0.2, -0.15) is 0 Å². The minimum atomic E-state index is -0.0730. The molecule has 0 aliphatic heterocycles. The molecule has 2 rings (SSSR count). The molecular weight excluding hydrogens is 258 g/mol. The number of anilines is 1. The Labute approximate surface area is 127 Å². The average molecular weight is 283 g/mol. The molecule has 1 heterocycles. The van der Waals surface area contributed by atoms with Crippen LogP contribution < -0.4 is 5.32 Å². The lowest BCUT2D eigenvalue weighted by Crippen LogP contribution is -2.19. The third-order valence-corrected chi connectivity index (χ3v) is 3.45. The van der Waals surface area contributed by atoms with Crippen LogP contribution >= 0.6 is 0 Å². The number of hydrogen-bond donors (Lipinski definition) is 1. The van der Waals surface area contributed by atoms with Gasteiger partial charge in [0.1, 0.15) is 11.6 Å². The van der Waals surface area contributed by atoms with E-state index in [-0.39, 0.29) is 5.41 Å². The number of nitrogens with one attached hydrogen (secondary N) is 1. The summed E-state index contributed by atoms with van der Waals surface area (Å²) in [6.07, 6.45) is 0. The lowest BCUT2D eigenvalue weighted by Gasteiger charge is -2.21. The van der Waals surface area contributed by atoms with E-state index in [1.165, 1.54) is 5.56 Å². The molecule has 0 unspecified atom stereocenters. The van der Waals surface area contributed by atoms with Crippen molar-refractivity contribution in [1.82, 2.24) is 9.97 Å². The first-order chi connectivity index (χ1) is 9.82. The van der Waals surface area contributed by atoms with Crippen LogP contribution in [0.1, 0.15) is 44.6 Å². The van der Waals surface area contributed by atoms with Crippen LogP contribution in [0.5, 0.6) is 0 Å². The van der Waals surface area contributed by atoms with Gasteiger partial charge >= 0.3 is 0 Å². The Hall–Kier alpha value is -1.90. The molecule has 1 aromatic carbocycles. The predicted octanol–water partition coefficient (Wildman–Crippen LogP) is 4.49. The van der Waals surface area contributed by atoms with E-state index in [0.717, 1.165) is 35.0 Å². The van der Waals surface area contributed by atoms with Crippen LogP contribution in [0.15, 0.2) is 24.3 Å². The normalized spacial score (nSPS) is 11.5. The lowest BCUT2D eigenvalue weighted by molar-refractivity contribution is 0.546. The van der Waals surface area contributed by atoms with Gasteiger partial charge in [-0.3, -0.25) is 0 Å². The zero-order valence-corrected chi connectivity index (χ0v) is 13.9. The zero-order chi connectivity index (χ0) is 15.6. The highest BCUT2D eigenvalue weighted by Crippen LogP contribution is 2.29. The molecule has 0 saturated carbocycles. The summed E-state index contributed by atoms with van der Waals surface area (Å²) in [7, 11) is 0. The van der Waals surface area contributed by atoms with Crippen LogP contribution in [0, 0.1) is 13.8 Å². The van der Waals surface area contributed by atoms with Gasteiger partial charge in [0.05, 0.1) is 5.69 Å². The Morgan fingerprint density at radius 3 is 2.38 bits per heavy atom. The summed E-state index contributed by atoms with van der Waals surface area (Å²) in [5.74, 6) is 1.81. The average Bonchev–Trinajstić information content (AvgIpc) is 2.40. The minimum absolute atomic E-state index is 0.0730. The Morgan fingerprint density at radius 1 is 1.10 bits per heavy atom. The molecule has 3 heteroatoms. The maximum atomic E-state index is 4.85. The predicted molar refractivity (Wildman–Crippen MR) is 89.8 cm³/mol. The first-order valence-electron chi connectivity index (χ1n) is 7.53. The van der Waals surface area contributed by atoms with Crippen LogP contribution in [0.4, 0.5) is 5.82 Å². The maximum absolute atomic E-state index is 4.85. The van der Waals surface area contributed by atoms with Crippen molar-refractivity contribution in [2.24, 2.45) is 0 Å². The van der Waals surface area contributed by atoms with Gasteiger partial charge in [-0.05, 0) is 26.8 Å². The maximum Gasteiger partial charge on any atom is 0.136 e. The largest absolute Gasteiger partial charge is 0.370 e. The van der Waals surface area contributed by atoms with E-state index in [9.17, 15) is 0 Å². The van der Waals surface area contributed by atoms with Gasteiger partial charge in [-0.1, -0.05) is 44.5 Å². The third-order valence-electron chi connectivity index (χ3n) is 3.45. The fourth-order valence-corrected chi connectivity index (χ4v) is 2.27. The second kappa shape index (κ2) is 5.84. The molecular formula is C18H25N3. The molecule has 0 amide bonds. The first-order valence-corrected chi connectivity index (χ1v) is 7.53. The SMILES string of the molecule is CCNc1nc(C(C)(C)C)nc(-c2cccc(C)c2)c1C. The van der Waals surface area contributed by atoms with Crippen molar-refractivity contribution in [2.45, 2.75) is 47.0 Å². The summed E-state index contributed by atoms with van der Waals surface area (Å²) in [6.45, 7) is 13.6. The van der Waals surface area contributed by atoms with Gasteiger partial charge < -0.3 is 5.32 Å². The second-order valence-corrected chi connectivity index (χ2v) is 6.52. The zero-order valence-electron chi connectivity index (χ0n) is 13.9. The number of rotatable bonds is 3. The van der Waals surface area contributed by atoms with E-state index in [1.54, 1.807) is 0 Å². The molecule has 0 aliphatic carbocycles. The highest BCUT2D eigenvalue weighted by molar-refractivity contribution is 5.68. The molecule has 0 aliphatic rings. The Kier molecular flexibility index (Phi) is 4.31. The highest BCUT2D eigenvalue weighted by Gasteiger charge is 2.21. The molecule has 0 atom stereocenters. The number of aryl methyl sites for hydroxylation is 1. The molecule has 3 nitrogen and oxygen atoms in total. The van der Waals surface area contributed by atoms with E-state index in [1.807, 2.05) is 0 Å². The number of nitrogens with zero attached hydrogens (tertiary/aromatic N) is 2. The van der Waals surface area contributed by atoms with Gasteiger partial charge in [0.2, 0.25) is 0 Å².